The van der Waals surface area contributed by atoms with Gasteiger partial charge in [-0.1, -0.05) is 12.1 Å². The van der Waals surface area contributed by atoms with E-state index in [-0.39, 0.29) is 22.7 Å². The van der Waals surface area contributed by atoms with Gasteiger partial charge in [-0.05, 0) is 24.6 Å². The van der Waals surface area contributed by atoms with Gasteiger partial charge in [-0.2, -0.15) is 0 Å². The van der Waals surface area contributed by atoms with Crippen LogP contribution in [0.25, 0.3) is 16.9 Å². The molecule has 0 radical (unpaired) electrons. The minimum atomic E-state index is -0.399. The summed E-state index contributed by atoms with van der Waals surface area (Å²) in [5, 5.41) is 10.8. The van der Waals surface area contributed by atoms with Gasteiger partial charge < -0.3 is 4.40 Å². The molecule has 0 aliphatic heterocycles. The van der Waals surface area contributed by atoms with Crippen LogP contribution < -0.4 is 0 Å². The Morgan fingerprint density at radius 2 is 2.05 bits per heavy atom. The van der Waals surface area contributed by atoms with Crippen molar-refractivity contribution in [2.75, 3.05) is 0 Å². The molecule has 0 saturated heterocycles. The zero-order chi connectivity index (χ0) is 13.4. The molecule has 102 valence electrons. The van der Waals surface area contributed by atoms with Crippen molar-refractivity contribution in [1.29, 1.82) is 0 Å². The Bertz CT molecular complexity index is 783. The highest BCUT2D eigenvalue weighted by Gasteiger charge is 2.09. The van der Waals surface area contributed by atoms with E-state index in [2.05, 4.69) is 4.98 Å². The molecular weight excluding hydrogens is 322 g/mol. The number of hydrogen-bond donors (Lipinski definition) is 0. The third-order valence-electron chi connectivity index (χ3n) is 2.97. The molecule has 0 amide bonds. The van der Waals surface area contributed by atoms with E-state index < -0.39 is 4.92 Å². The van der Waals surface area contributed by atoms with Gasteiger partial charge in [0.2, 0.25) is 0 Å². The van der Waals surface area contributed by atoms with Crippen molar-refractivity contribution in [2.45, 2.75) is 6.92 Å². The number of non-ortho nitro benzene ring substituents is 1. The largest absolute Gasteiger partial charge is 0.306 e. The van der Waals surface area contributed by atoms with E-state index in [1.165, 1.54) is 12.1 Å². The summed E-state index contributed by atoms with van der Waals surface area (Å²) in [6.45, 7) is 2.00. The zero-order valence-corrected chi connectivity index (χ0v) is 12.4. The molecule has 1 aromatic carbocycles. The van der Waals surface area contributed by atoms with Gasteiger partial charge in [0, 0.05) is 30.1 Å². The number of rotatable bonds is 2. The number of benzene rings is 1. The average molecular weight is 334 g/mol. The molecule has 2 aromatic heterocycles. The Morgan fingerprint density at radius 1 is 1.25 bits per heavy atom. The summed E-state index contributed by atoms with van der Waals surface area (Å²) in [7, 11) is 0. The predicted octanol–water partition coefficient (Wildman–Crippen LogP) is 3.80. The van der Waals surface area contributed by atoms with E-state index in [1.54, 1.807) is 6.07 Å². The summed E-state index contributed by atoms with van der Waals surface area (Å²) in [5.41, 5.74) is 3.51. The number of aryl methyl sites for hydroxylation is 1. The van der Waals surface area contributed by atoms with Crippen molar-refractivity contribution in [3.05, 3.63) is 64.5 Å². The number of pyridine rings is 1. The molecule has 6 heteroatoms. The first kappa shape index (κ1) is 14.2. The topological polar surface area (TPSA) is 60.4 Å². The molecule has 3 rings (SSSR count). The number of aromatic nitrogens is 2. The maximum absolute atomic E-state index is 10.8. The fourth-order valence-electron chi connectivity index (χ4n) is 2.00. The molecule has 0 bridgehead atoms. The lowest BCUT2D eigenvalue weighted by atomic mass is 10.1. The number of halogens is 1. The lowest BCUT2D eigenvalue weighted by Gasteiger charge is -1.95. The van der Waals surface area contributed by atoms with Crippen molar-refractivity contribution in [2.24, 2.45) is 0 Å². The Hall–Kier alpha value is -2.21. The molecule has 3 aromatic rings. The van der Waals surface area contributed by atoms with Crippen LogP contribution in [0, 0.1) is 17.0 Å². The predicted molar refractivity (Wildman–Crippen MR) is 82.3 cm³/mol. The zero-order valence-electron chi connectivity index (χ0n) is 10.7. The van der Waals surface area contributed by atoms with Crippen LogP contribution in [-0.2, 0) is 0 Å². The number of hydrogen-bond acceptors (Lipinski definition) is 3. The van der Waals surface area contributed by atoms with Gasteiger partial charge >= 0.3 is 0 Å². The van der Waals surface area contributed by atoms with Crippen LogP contribution in [0.2, 0.25) is 0 Å². The highest BCUT2D eigenvalue weighted by atomic mass is 79.9. The van der Waals surface area contributed by atoms with E-state index in [4.69, 9.17) is 0 Å². The number of imidazole rings is 1. The van der Waals surface area contributed by atoms with E-state index in [9.17, 15) is 10.1 Å². The van der Waals surface area contributed by atoms with Crippen molar-refractivity contribution in [1.82, 2.24) is 9.38 Å². The summed E-state index contributed by atoms with van der Waals surface area (Å²) in [5.74, 6) is 0. The first-order chi connectivity index (χ1) is 9.13. The van der Waals surface area contributed by atoms with Crippen LogP contribution >= 0.6 is 17.0 Å². The molecule has 5 nitrogen and oxygen atoms in total. The summed E-state index contributed by atoms with van der Waals surface area (Å²) in [6.07, 6.45) is 3.80. The number of fused-ring (bicyclic) bond motifs is 1. The maximum Gasteiger partial charge on any atom is 0.270 e. The maximum atomic E-state index is 10.8. The molecule has 0 aliphatic carbocycles. The van der Waals surface area contributed by atoms with Crippen molar-refractivity contribution < 1.29 is 4.92 Å². The monoisotopic (exact) mass is 333 g/mol. The summed E-state index contributed by atoms with van der Waals surface area (Å²) < 4.78 is 1.90. The SMILES string of the molecule is Br.Cc1ccn2cc(-c3cccc([N+](=O)[O-])c3)nc2c1. The molecule has 0 atom stereocenters. The van der Waals surface area contributed by atoms with Crippen molar-refractivity contribution >= 4 is 28.3 Å². The van der Waals surface area contributed by atoms with Crippen LogP contribution in [0.3, 0.4) is 0 Å². The van der Waals surface area contributed by atoms with Gasteiger partial charge in [0.1, 0.15) is 5.65 Å². The molecule has 0 N–H and O–H groups in total. The molecule has 20 heavy (non-hydrogen) atoms. The fraction of sp³-hybridized carbons (Fsp3) is 0.0714. The van der Waals surface area contributed by atoms with E-state index in [0.29, 0.717) is 0 Å². The van der Waals surface area contributed by atoms with Gasteiger partial charge in [0.05, 0.1) is 10.6 Å². The molecule has 0 saturated carbocycles. The molecule has 0 fully saturated rings. The highest BCUT2D eigenvalue weighted by molar-refractivity contribution is 8.93. The second-order valence-electron chi connectivity index (χ2n) is 4.40. The van der Waals surface area contributed by atoms with E-state index in [0.717, 1.165) is 22.5 Å². The second-order valence-corrected chi connectivity index (χ2v) is 4.40. The molecule has 0 aliphatic rings. The molecule has 2 heterocycles. The lowest BCUT2D eigenvalue weighted by molar-refractivity contribution is -0.384. The van der Waals surface area contributed by atoms with Gasteiger partial charge in [-0.3, -0.25) is 10.1 Å². The smallest absolute Gasteiger partial charge is 0.270 e. The Balaban J connectivity index is 0.00000147. The molecule has 0 spiro atoms. The lowest BCUT2D eigenvalue weighted by Crippen LogP contribution is -1.87. The third kappa shape index (κ3) is 2.55. The standard InChI is InChI=1S/C14H11N3O2.BrH/c1-10-5-6-16-9-13(15-14(16)7-10)11-3-2-4-12(8-11)17(18)19;/h2-9H,1H3;1H. The summed E-state index contributed by atoms with van der Waals surface area (Å²) >= 11 is 0. The Labute approximate surface area is 125 Å². The first-order valence-corrected chi connectivity index (χ1v) is 5.84. The fourth-order valence-corrected chi connectivity index (χ4v) is 2.00. The minimum absolute atomic E-state index is 0. The van der Waals surface area contributed by atoms with E-state index in [1.807, 2.05) is 41.9 Å². The van der Waals surface area contributed by atoms with E-state index >= 15 is 0 Å². The van der Waals surface area contributed by atoms with Crippen LogP contribution in [-0.4, -0.2) is 14.3 Å². The highest BCUT2D eigenvalue weighted by Crippen LogP contribution is 2.23. The van der Waals surface area contributed by atoms with Crippen LogP contribution in [0.15, 0.2) is 48.8 Å². The number of nitrogens with zero attached hydrogens (tertiary/aromatic N) is 3. The molecule has 0 unspecified atom stereocenters. The number of nitro groups is 1. The molecular formula is C14H12BrN3O2. The van der Waals surface area contributed by atoms with Crippen molar-refractivity contribution in [3.63, 3.8) is 0 Å². The normalized spacial score (nSPS) is 10.2. The quantitative estimate of drug-likeness (QED) is 0.529. The number of nitro benzene ring substituents is 1. The Morgan fingerprint density at radius 3 is 2.80 bits per heavy atom. The van der Waals surface area contributed by atoms with Crippen molar-refractivity contribution in [3.8, 4) is 11.3 Å². The average Bonchev–Trinajstić information content (AvgIpc) is 2.81. The summed E-state index contributed by atoms with van der Waals surface area (Å²) in [6, 6.07) is 10.5. The third-order valence-corrected chi connectivity index (χ3v) is 2.97. The van der Waals surface area contributed by atoms with Gasteiger partial charge in [0.15, 0.2) is 0 Å². The first-order valence-electron chi connectivity index (χ1n) is 5.84. The van der Waals surface area contributed by atoms with Gasteiger partial charge in [-0.25, -0.2) is 4.98 Å². The summed E-state index contributed by atoms with van der Waals surface area (Å²) in [4.78, 5) is 14.9. The van der Waals surface area contributed by atoms with Crippen LogP contribution in [0.1, 0.15) is 5.56 Å². The van der Waals surface area contributed by atoms with Crippen LogP contribution in [0.4, 0.5) is 5.69 Å². The second kappa shape index (κ2) is 5.42. The van der Waals surface area contributed by atoms with Gasteiger partial charge in [-0.15, -0.1) is 17.0 Å². The Kier molecular flexibility index (Phi) is 3.85. The van der Waals surface area contributed by atoms with Gasteiger partial charge in [0.25, 0.3) is 5.69 Å². The minimum Gasteiger partial charge on any atom is -0.306 e. The van der Waals surface area contributed by atoms with Crippen LogP contribution in [0.5, 0.6) is 0 Å².